The Morgan fingerprint density at radius 3 is 2.93 bits per heavy atom. The molecule has 4 heteroatoms. The normalized spacial score (nSPS) is 13.1. The lowest BCUT2D eigenvalue weighted by atomic mass is 10.2. The highest BCUT2D eigenvalue weighted by Gasteiger charge is 2.06. The van der Waals surface area contributed by atoms with Gasteiger partial charge in [0.1, 0.15) is 0 Å². The Hall–Kier alpha value is -0.900. The van der Waals surface area contributed by atoms with Crippen molar-refractivity contribution in [1.29, 1.82) is 0 Å². The number of nitrogens with one attached hydrogen (secondary N) is 1. The first-order valence-electron chi connectivity index (χ1n) is 5.39. The highest BCUT2D eigenvalue weighted by Crippen LogP contribution is 2.10. The second kappa shape index (κ2) is 5.75. The minimum absolute atomic E-state index is 0.461. The van der Waals surface area contributed by atoms with Crippen molar-refractivity contribution in [3.63, 3.8) is 0 Å². The Bertz CT molecular complexity index is 256. The fraction of sp³-hybridized carbons (Fsp3) is 0.800. The zero-order chi connectivity index (χ0) is 10.4. The maximum absolute atomic E-state index is 4.11. The summed E-state index contributed by atoms with van der Waals surface area (Å²) in [5.74, 6) is 0. The van der Waals surface area contributed by atoms with Gasteiger partial charge in [-0.05, 0) is 19.9 Å². The molecule has 0 saturated heterocycles. The van der Waals surface area contributed by atoms with Gasteiger partial charge < -0.3 is 5.32 Å². The van der Waals surface area contributed by atoms with Crippen LogP contribution in [0.25, 0.3) is 0 Å². The van der Waals surface area contributed by atoms with Crippen molar-refractivity contribution in [1.82, 2.24) is 20.3 Å². The van der Waals surface area contributed by atoms with Gasteiger partial charge in [-0.15, -0.1) is 5.10 Å². The predicted octanol–water partition coefficient (Wildman–Crippen LogP) is 1.75. The molecule has 0 radical (unpaired) electrons. The van der Waals surface area contributed by atoms with E-state index in [4.69, 9.17) is 0 Å². The summed E-state index contributed by atoms with van der Waals surface area (Å²) in [6.07, 6.45) is 4.37. The Labute approximate surface area is 85.7 Å². The van der Waals surface area contributed by atoms with Gasteiger partial charge in [-0.2, -0.15) is 0 Å². The van der Waals surface area contributed by atoms with Gasteiger partial charge in [0.05, 0.1) is 17.9 Å². The average molecular weight is 196 g/mol. The quantitative estimate of drug-likeness (QED) is 0.753. The summed E-state index contributed by atoms with van der Waals surface area (Å²) < 4.78 is 1.95. The lowest BCUT2D eigenvalue weighted by Gasteiger charge is -2.08. The maximum Gasteiger partial charge on any atom is 0.0964 e. The van der Waals surface area contributed by atoms with Gasteiger partial charge in [-0.1, -0.05) is 25.5 Å². The Morgan fingerprint density at radius 1 is 1.50 bits per heavy atom. The second-order valence-electron chi connectivity index (χ2n) is 3.61. The van der Waals surface area contributed by atoms with Crippen LogP contribution in [0, 0.1) is 0 Å². The van der Waals surface area contributed by atoms with Crippen LogP contribution in [-0.4, -0.2) is 21.5 Å². The minimum Gasteiger partial charge on any atom is -0.311 e. The molecule has 1 aromatic heterocycles. The summed E-state index contributed by atoms with van der Waals surface area (Å²) in [4.78, 5) is 0. The van der Waals surface area contributed by atoms with E-state index in [1.165, 1.54) is 6.42 Å². The van der Waals surface area contributed by atoms with Gasteiger partial charge in [0.15, 0.2) is 0 Å². The van der Waals surface area contributed by atoms with Crippen LogP contribution in [0.3, 0.4) is 0 Å². The van der Waals surface area contributed by atoms with Crippen LogP contribution in [0.5, 0.6) is 0 Å². The highest BCUT2D eigenvalue weighted by molar-refractivity contribution is 4.92. The zero-order valence-electron chi connectivity index (χ0n) is 9.32. The third-order valence-electron chi connectivity index (χ3n) is 2.27. The maximum atomic E-state index is 4.11. The molecule has 0 aliphatic rings. The van der Waals surface area contributed by atoms with Gasteiger partial charge in [-0.25, -0.2) is 4.68 Å². The van der Waals surface area contributed by atoms with Crippen molar-refractivity contribution in [2.75, 3.05) is 6.54 Å². The Balaban J connectivity index is 2.49. The predicted molar refractivity (Wildman–Crippen MR) is 57.0 cm³/mol. The van der Waals surface area contributed by atoms with Crippen molar-refractivity contribution in [3.05, 3.63) is 11.9 Å². The molecule has 0 spiro atoms. The van der Waals surface area contributed by atoms with E-state index in [2.05, 4.69) is 36.4 Å². The van der Waals surface area contributed by atoms with Crippen molar-refractivity contribution >= 4 is 0 Å². The standard InChI is InChI=1S/C10H20N4/c1-4-6-9(3)14-8-10(12-13-14)7-11-5-2/h8-9,11H,4-7H2,1-3H3. The fourth-order valence-corrected chi connectivity index (χ4v) is 1.41. The van der Waals surface area contributed by atoms with Crippen molar-refractivity contribution in [3.8, 4) is 0 Å². The topological polar surface area (TPSA) is 42.7 Å². The average Bonchev–Trinajstić information content (AvgIpc) is 2.63. The number of hydrogen-bond donors (Lipinski definition) is 1. The minimum atomic E-state index is 0.461. The van der Waals surface area contributed by atoms with Crippen molar-refractivity contribution in [2.45, 2.75) is 46.2 Å². The lowest BCUT2D eigenvalue weighted by molar-refractivity contribution is 0.443. The summed E-state index contributed by atoms with van der Waals surface area (Å²) in [5, 5.41) is 11.5. The van der Waals surface area contributed by atoms with E-state index in [9.17, 15) is 0 Å². The highest BCUT2D eigenvalue weighted by atomic mass is 15.4. The molecular weight excluding hydrogens is 176 g/mol. The molecule has 0 aliphatic heterocycles. The summed E-state index contributed by atoms with van der Waals surface area (Å²) in [5.41, 5.74) is 1.02. The third-order valence-corrected chi connectivity index (χ3v) is 2.27. The molecule has 1 aromatic rings. The second-order valence-corrected chi connectivity index (χ2v) is 3.61. The van der Waals surface area contributed by atoms with E-state index in [1.54, 1.807) is 0 Å². The van der Waals surface area contributed by atoms with Gasteiger partial charge in [-0.3, -0.25) is 0 Å². The Kier molecular flexibility index (Phi) is 4.59. The molecule has 1 unspecified atom stereocenters. The molecule has 1 N–H and O–H groups in total. The summed E-state index contributed by atoms with van der Waals surface area (Å²) in [6, 6.07) is 0.461. The first-order chi connectivity index (χ1) is 6.77. The summed E-state index contributed by atoms with van der Waals surface area (Å²) in [6.45, 7) is 8.24. The van der Waals surface area contributed by atoms with E-state index >= 15 is 0 Å². The van der Waals surface area contributed by atoms with Crippen LogP contribution in [0.15, 0.2) is 6.20 Å². The van der Waals surface area contributed by atoms with Gasteiger partial charge in [0.2, 0.25) is 0 Å². The van der Waals surface area contributed by atoms with Crippen LogP contribution < -0.4 is 5.32 Å². The molecule has 1 rings (SSSR count). The number of rotatable bonds is 6. The smallest absolute Gasteiger partial charge is 0.0964 e. The summed E-state index contributed by atoms with van der Waals surface area (Å²) in [7, 11) is 0. The number of hydrogen-bond acceptors (Lipinski definition) is 3. The molecule has 14 heavy (non-hydrogen) atoms. The molecule has 1 heterocycles. The zero-order valence-corrected chi connectivity index (χ0v) is 9.32. The number of nitrogens with zero attached hydrogens (tertiary/aromatic N) is 3. The van der Waals surface area contributed by atoms with E-state index < -0.39 is 0 Å². The van der Waals surface area contributed by atoms with Crippen molar-refractivity contribution in [2.24, 2.45) is 0 Å². The fourth-order valence-electron chi connectivity index (χ4n) is 1.41. The number of aromatic nitrogens is 3. The van der Waals surface area contributed by atoms with Gasteiger partial charge in [0, 0.05) is 6.54 Å². The van der Waals surface area contributed by atoms with Crippen LogP contribution >= 0.6 is 0 Å². The molecule has 1 atom stereocenters. The molecule has 0 aliphatic carbocycles. The molecule has 0 amide bonds. The van der Waals surface area contributed by atoms with Crippen LogP contribution in [0.4, 0.5) is 0 Å². The van der Waals surface area contributed by atoms with Crippen LogP contribution in [0.2, 0.25) is 0 Å². The molecule has 0 bridgehead atoms. The molecule has 0 saturated carbocycles. The molecule has 80 valence electrons. The molecule has 0 aromatic carbocycles. The molecular formula is C10H20N4. The van der Waals surface area contributed by atoms with Crippen LogP contribution in [-0.2, 0) is 6.54 Å². The Morgan fingerprint density at radius 2 is 2.29 bits per heavy atom. The first kappa shape index (κ1) is 11.2. The van der Waals surface area contributed by atoms with Crippen LogP contribution in [0.1, 0.15) is 45.3 Å². The van der Waals surface area contributed by atoms with E-state index in [0.29, 0.717) is 6.04 Å². The van der Waals surface area contributed by atoms with Gasteiger partial charge in [0.25, 0.3) is 0 Å². The van der Waals surface area contributed by atoms with Crippen molar-refractivity contribution < 1.29 is 0 Å². The molecule has 0 fully saturated rings. The summed E-state index contributed by atoms with van der Waals surface area (Å²) >= 11 is 0. The van der Waals surface area contributed by atoms with Gasteiger partial charge >= 0.3 is 0 Å². The molecule has 4 nitrogen and oxygen atoms in total. The van der Waals surface area contributed by atoms with E-state index in [0.717, 1.165) is 25.2 Å². The third kappa shape index (κ3) is 3.10. The monoisotopic (exact) mass is 196 g/mol. The van der Waals surface area contributed by atoms with E-state index in [-0.39, 0.29) is 0 Å². The largest absolute Gasteiger partial charge is 0.311 e. The first-order valence-corrected chi connectivity index (χ1v) is 5.39. The SMILES string of the molecule is CCCC(C)n1cc(CNCC)nn1. The lowest BCUT2D eigenvalue weighted by Crippen LogP contribution is -2.11. The van der Waals surface area contributed by atoms with E-state index in [1.807, 2.05) is 10.9 Å².